The number of aliphatic hydroxyl groups is 2. The van der Waals surface area contributed by atoms with Crippen LogP contribution in [0.3, 0.4) is 0 Å². The lowest BCUT2D eigenvalue weighted by Gasteiger charge is -2.50. The van der Waals surface area contributed by atoms with Crippen LogP contribution in [0.1, 0.15) is 23.6 Å². The van der Waals surface area contributed by atoms with Gasteiger partial charge >= 0.3 is 0 Å². The summed E-state index contributed by atoms with van der Waals surface area (Å²) in [7, 11) is 6.68. The Labute approximate surface area is 184 Å². The fourth-order valence-corrected chi connectivity index (χ4v) is 4.18. The Morgan fingerprint density at radius 3 is 2.32 bits per heavy atom. The highest BCUT2D eigenvalue weighted by atomic mass is 16.7. The van der Waals surface area contributed by atoms with Gasteiger partial charge in [-0.25, -0.2) is 0 Å². The minimum Gasteiger partial charge on any atom is -0.496 e. The molecule has 1 heterocycles. The first kappa shape index (κ1) is 23.5. The van der Waals surface area contributed by atoms with Crippen LogP contribution >= 0.6 is 0 Å². The average molecular weight is 432 g/mol. The molecule has 1 aliphatic heterocycles. The van der Waals surface area contributed by atoms with E-state index in [2.05, 4.69) is 0 Å². The van der Waals surface area contributed by atoms with E-state index in [1.807, 2.05) is 49.4 Å². The predicted molar refractivity (Wildman–Crippen MR) is 117 cm³/mol. The third-order valence-electron chi connectivity index (χ3n) is 5.98. The van der Waals surface area contributed by atoms with Gasteiger partial charge in [0.1, 0.15) is 35.9 Å². The molecule has 5 atom stereocenters. The Kier molecular flexibility index (Phi) is 7.24. The molecule has 0 aliphatic carbocycles. The van der Waals surface area contributed by atoms with Crippen molar-refractivity contribution in [3.05, 3.63) is 59.2 Å². The Morgan fingerprint density at radius 1 is 1.06 bits per heavy atom. The third-order valence-corrected chi connectivity index (χ3v) is 5.98. The van der Waals surface area contributed by atoms with Gasteiger partial charge in [0.15, 0.2) is 6.29 Å². The Bertz CT molecular complexity index is 874. The van der Waals surface area contributed by atoms with Crippen molar-refractivity contribution in [3.63, 3.8) is 0 Å². The lowest BCUT2D eigenvalue weighted by Crippen LogP contribution is -2.66. The summed E-state index contributed by atoms with van der Waals surface area (Å²) in [5.41, 5.74) is 1.32. The van der Waals surface area contributed by atoms with Gasteiger partial charge < -0.3 is 34.1 Å². The monoisotopic (exact) mass is 431 g/mol. The topological polar surface area (TPSA) is 80.6 Å². The minimum atomic E-state index is -1.22. The molecule has 0 saturated carbocycles. The van der Waals surface area contributed by atoms with Gasteiger partial charge in [-0.15, -0.1) is 0 Å². The van der Waals surface area contributed by atoms with E-state index >= 15 is 0 Å². The molecule has 2 N–H and O–H groups in total. The molecule has 0 radical (unpaired) electrons. The zero-order valence-electron chi connectivity index (χ0n) is 19.0. The third kappa shape index (κ3) is 4.56. The summed E-state index contributed by atoms with van der Waals surface area (Å²) < 4.78 is 23.3. The molecule has 7 nitrogen and oxygen atoms in total. The van der Waals surface area contributed by atoms with E-state index in [-0.39, 0.29) is 0 Å². The summed E-state index contributed by atoms with van der Waals surface area (Å²) in [5, 5.41) is 22.1. The van der Waals surface area contributed by atoms with Crippen molar-refractivity contribution < 1.29 is 29.2 Å². The predicted octanol–water partition coefficient (Wildman–Crippen LogP) is 2.45. The summed E-state index contributed by atoms with van der Waals surface area (Å²) in [4.78, 5) is 1.78. The van der Waals surface area contributed by atoms with Crippen molar-refractivity contribution in [2.24, 2.45) is 0 Å². The molecule has 1 aliphatic rings. The second-order valence-corrected chi connectivity index (χ2v) is 8.31. The zero-order valence-corrected chi connectivity index (χ0v) is 19.0. The maximum absolute atomic E-state index is 11.4. The van der Waals surface area contributed by atoms with Crippen LogP contribution in [0.25, 0.3) is 0 Å². The van der Waals surface area contributed by atoms with Crippen LogP contribution in [0.4, 0.5) is 0 Å². The molecule has 7 heteroatoms. The first-order chi connectivity index (χ1) is 14.7. The quantitative estimate of drug-likeness (QED) is 0.697. The molecule has 0 spiro atoms. The van der Waals surface area contributed by atoms with E-state index < -0.39 is 30.1 Å². The normalized spacial score (nSPS) is 28.5. The van der Waals surface area contributed by atoms with Crippen molar-refractivity contribution >= 4 is 0 Å². The first-order valence-corrected chi connectivity index (χ1v) is 10.3. The van der Waals surface area contributed by atoms with Crippen LogP contribution in [0.5, 0.6) is 11.5 Å². The molecule has 2 aromatic carbocycles. The van der Waals surface area contributed by atoms with E-state index in [4.69, 9.17) is 18.9 Å². The van der Waals surface area contributed by atoms with E-state index in [1.165, 1.54) is 7.11 Å². The molecule has 0 bridgehead atoms. The SMILES string of the molecule is COc1cc([C@]2(C)O[C@@H](OC)[C@H](O)[C@@H](N(C)C)[C@@H]2O)c(OCc2ccccc2)cc1C. The maximum Gasteiger partial charge on any atom is 0.185 e. The van der Waals surface area contributed by atoms with Crippen LogP contribution in [0.15, 0.2) is 42.5 Å². The number of hydrogen-bond donors (Lipinski definition) is 2. The van der Waals surface area contributed by atoms with Crippen LogP contribution in [-0.2, 0) is 21.7 Å². The van der Waals surface area contributed by atoms with Crippen molar-refractivity contribution in [2.45, 2.75) is 50.6 Å². The molecular weight excluding hydrogens is 398 g/mol. The fourth-order valence-electron chi connectivity index (χ4n) is 4.18. The zero-order chi connectivity index (χ0) is 22.8. The molecule has 0 aromatic heterocycles. The Morgan fingerprint density at radius 2 is 1.74 bits per heavy atom. The lowest BCUT2D eigenvalue weighted by atomic mass is 9.80. The molecular formula is C24H33NO6. The maximum atomic E-state index is 11.4. The lowest BCUT2D eigenvalue weighted by molar-refractivity contribution is -0.315. The number of methoxy groups -OCH3 is 2. The first-order valence-electron chi connectivity index (χ1n) is 10.3. The fraction of sp³-hybridized carbons (Fsp3) is 0.500. The number of aryl methyl sites for hydroxylation is 1. The van der Waals surface area contributed by atoms with Gasteiger partial charge in [-0.1, -0.05) is 30.3 Å². The van der Waals surface area contributed by atoms with Crippen LogP contribution in [0, 0.1) is 6.92 Å². The number of nitrogens with zero attached hydrogens (tertiary/aromatic N) is 1. The summed E-state index contributed by atoms with van der Waals surface area (Å²) in [5.74, 6) is 1.23. The largest absolute Gasteiger partial charge is 0.496 e. The molecule has 170 valence electrons. The Hall–Kier alpha value is -2.16. The molecule has 0 amide bonds. The molecule has 31 heavy (non-hydrogen) atoms. The molecule has 1 saturated heterocycles. The summed E-state index contributed by atoms with van der Waals surface area (Å²) in [6.07, 6.45) is -3.01. The Balaban J connectivity index is 2.07. The number of benzene rings is 2. The van der Waals surface area contributed by atoms with E-state index in [1.54, 1.807) is 33.0 Å². The van der Waals surface area contributed by atoms with Gasteiger partial charge in [0.25, 0.3) is 0 Å². The molecule has 2 aromatic rings. The van der Waals surface area contributed by atoms with Gasteiger partial charge in [0.2, 0.25) is 0 Å². The summed E-state index contributed by atoms with van der Waals surface area (Å²) in [6.45, 7) is 4.08. The van der Waals surface area contributed by atoms with E-state index in [0.717, 1.165) is 11.1 Å². The molecule has 0 unspecified atom stereocenters. The summed E-state index contributed by atoms with van der Waals surface area (Å²) >= 11 is 0. The van der Waals surface area contributed by atoms with Crippen molar-refractivity contribution in [3.8, 4) is 11.5 Å². The number of ether oxygens (including phenoxy) is 4. The van der Waals surface area contributed by atoms with Crippen molar-refractivity contribution in [1.29, 1.82) is 0 Å². The van der Waals surface area contributed by atoms with Crippen molar-refractivity contribution in [1.82, 2.24) is 4.90 Å². The highest BCUT2D eigenvalue weighted by molar-refractivity contribution is 5.49. The molecule has 1 fully saturated rings. The number of hydrogen-bond acceptors (Lipinski definition) is 7. The average Bonchev–Trinajstić information content (AvgIpc) is 2.75. The molecule has 3 rings (SSSR count). The van der Waals surface area contributed by atoms with Gasteiger partial charge in [0.05, 0.1) is 13.2 Å². The number of rotatable bonds is 7. The van der Waals surface area contributed by atoms with Crippen molar-refractivity contribution in [2.75, 3.05) is 28.3 Å². The number of aliphatic hydroxyl groups excluding tert-OH is 2. The second-order valence-electron chi connectivity index (χ2n) is 8.31. The number of likely N-dealkylation sites (N-methyl/N-ethyl adjacent to an activating group) is 1. The highest BCUT2D eigenvalue weighted by Crippen LogP contribution is 2.45. The standard InChI is InChI=1S/C24H33NO6/c1-15-12-19(30-14-16-10-8-7-9-11-16)17(13-18(15)28-5)24(2)22(27)20(25(3)4)21(26)23(29-6)31-24/h7-13,20-23,26-27H,14H2,1-6H3/t20-,21-,22+,23-,24+/m1/s1. The van der Waals surface area contributed by atoms with Gasteiger partial charge in [-0.3, -0.25) is 0 Å². The van der Waals surface area contributed by atoms with Gasteiger partial charge in [-0.05, 0) is 51.2 Å². The van der Waals surface area contributed by atoms with Crippen LogP contribution in [0.2, 0.25) is 0 Å². The highest BCUT2D eigenvalue weighted by Gasteiger charge is 2.54. The smallest absolute Gasteiger partial charge is 0.185 e. The van der Waals surface area contributed by atoms with E-state index in [9.17, 15) is 10.2 Å². The van der Waals surface area contributed by atoms with Gasteiger partial charge in [0, 0.05) is 12.7 Å². The second kappa shape index (κ2) is 9.54. The van der Waals surface area contributed by atoms with E-state index in [0.29, 0.717) is 23.7 Å². The summed E-state index contributed by atoms with van der Waals surface area (Å²) in [6, 6.07) is 13.0. The van der Waals surface area contributed by atoms with Crippen LogP contribution < -0.4 is 9.47 Å². The van der Waals surface area contributed by atoms with Crippen LogP contribution in [-0.4, -0.2) is 68.0 Å². The van der Waals surface area contributed by atoms with Gasteiger partial charge in [-0.2, -0.15) is 0 Å². The minimum absolute atomic E-state index is 0.360.